The van der Waals surface area contributed by atoms with E-state index in [4.69, 9.17) is 17.3 Å². The van der Waals surface area contributed by atoms with Gasteiger partial charge in [-0.3, -0.25) is 4.98 Å². The van der Waals surface area contributed by atoms with E-state index in [0.717, 1.165) is 22.3 Å². The van der Waals surface area contributed by atoms with Crippen LogP contribution in [0.1, 0.15) is 25.5 Å². The molecule has 1 aromatic heterocycles. The average Bonchev–Trinajstić information content (AvgIpc) is 2.18. The lowest BCUT2D eigenvalue weighted by Crippen LogP contribution is -1.97. The van der Waals surface area contributed by atoms with Gasteiger partial charge in [-0.05, 0) is 30.2 Å². The molecule has 0 aliphatic rings. The van der Waals surface area contributed by atoms with E-state index >= 15 is 0 Å². The Balaban J connectivity index is 2.73. The van der Waals surface area contributed by atoms with Crippen LogP contribution in [0.5, 0.6) is 0 Å². The number of hydrogen-bond donors (Lipinski definition) is 1. The van der Waals surface area contributed by atoms with Crippen LogP contribution in [0.4, 0.5) is 5.69 Å². The Bertz CT molecular complexity index is 506. The van der Waals surface area contributed by atoms with Gasteiger partial charge < -0.3 is 5.73 Å². The van der Waals surface area contributed by atoms with E-state index in [1.807, 2.05) is 24.3 Å². The standard InChI is InChI=1S/C12H13ClN2/c1-7(2)12-6-10(14)9-5-8(13)3-4-11(9)15-12/h3-7H,1-2H3,(H2,14,15). The first-order chi connectivity index (χ1) is 7.08. The number of nitrogen functional groups attached to an aromatic ring is 1. The Morgan fingerprint density at radius 2 is 2.00 bits per heavy atom. The van der Waals surface area contributed by atoms with Gasteiger partial charge in [0.05, 0.1) is 5.52 Å². The van der Waals surface area contributed by atoms with E-state index in [-0.39, 0.29) is 0 Å². The van der Waals surface area contributed by atoms with Crippen LogP contribution in [-0.4, -0.2) is 4.98 Å². The second kappa shape index (κ2) is 3.70. The highest BCUT2D eigenvalue weighted by atomic mass is 35.5. The third-order valence-electron chi connectivity index (χ3n) is 2.41. The first-order valence-electron chi connectivity index (χ1n) is 4.93. The molecule has 15 heavy (non-hydrogen) atoms. The fourth-order valence-electron chi connectivity index (χ4n) is 1.54. The molecule has 0 saturated carbocycles. The topological polar surface area (TPSA) is 38.9 Å². The maximum atomic E-state index is 5.97. The van der Waals surface area contributed by atoms with Gasteiger partial charge in [0.15, 0.2) is 0 Å². The summed E-state index contributed by atoms with van der Waals surface area (Å²) in [6.45, 7) is 4.20. The van der Waals surface area contributed by atoms with Crippen molar-refractivity contribution >= 4 is 28.2 Å². The van der Waals surface area contributed by atoms with Gasteiger partial charge in [-0.1, -0.05) is 25.4 Å². The van der Waals surface area contributed by atoms with Gasteiger partial charge in [-0.2, -0.15) is 0 Å². The van der Waals surface area contributed by atoms with E-state index in [1.165, 1.54) is 0 Å². The molecule has 0 radical (unpaired) electrons. The van der Waals surface area contributed by atoms with Crippen LogP contribution < -0.4 is 5.73 Å². The Morgan fingerprint density at radius 1 is 1.27 bits per heavy atom. The van der Waals surface area contributed by atoms with Crippen molar-refractivity contribution in [3.05, 3.63) is 35.0 Å². The highest BCUT2D eigenvalue weighted by molar-refractivity contribution is 6.31. The van der Waals surface area contributed by atoms with Crippen LogP contribution in [-0.2, 0) is 0 Å². The van der Waals surface area contributed by atoms with Gasteiger partial charge >= 0.3 is 0 Å². The summed E-state index contributed by atoms with van der Waals surface area (Å²) in [5, 5.41) is 1.61. The maximum absolute atomic E-state index is 5.97. The van der Waals surface area contributed by atoms with Crippen molar-refractivity contribution < 1.29 is 0 Å². The summed E-state index contributed by atoms with van der Waals surface area (Å²) < 4.78 is 0. The third-order valence-corrected chi connectivity index (χ3v) is 2.65. The highest BCUT2D eigenvalue weighted by Gasteiger charge is 2.06. The number of pyridine rings is 1. The lowest BCUT2D eigenvalue weighted by atomic mass is 10.1. The average molecular weight is 221 g/mol. The van der Waals surface area contributed by atoms with Gasteiger partial charge in [0.25, 0.3) is 0 Å². The maximum Gasteiger partial charge on any atom is 0.0727 e. The monoisotopic (exact) mass is 220 g/mol. The van der Waals surface area contributed by atoms with E-state index in [0.29, 0.717) is 10.9 Å². The smallest absolute Gasteiger partial charge is 0.0727 e. The molecule has 1 aromatic carbocycles. The zero-order valence-electron chi connectivity index (χ0n) is 8.79. The minimum Gasteiger partial charge on any atom is -0.398 e. The molecule has 3 heteroatoms. The van der Waals surface area contributed by atoms with Gasteiger partial charge in [0.2, 0.25) is 0 Å². The van der Waals surface area contributed by atoms with Crippen molar-refractivity contribution in [2.45, 2.75) is 19.8 Å². The first kappa shape index (κ1) is 10.2. The molecule has 1 heterocycles. The minimum atomic E-state index is 0.382. The number of aromatic nitrogens is 1. The number of nitrogens with zero attached hydrogens (tertiary/aromatic N) is 1. The lowest BCUT2D eigenvalue weighted by molar-refractivity contribution is 0.830. The number of benzene rings is 1. The molecule has 2 aromatic rings. The van der Waals surface area contributed by atoms with Crippen LogP contribution in [0.3, 0.4) is 0 Å². The van der Waals surface area contributed by atoms with Crippen molar-refractivity contribution in [3.63, 3.8) is 0 Å². The van der Waals surface area contributed by atoms with Gasteiger partial charge in [0, 0.05) is 21.8 Å². The van der Waals surface area contributed by atoms with Crippen molar-refractivity contribution in [1.82, 2.24) is 4.98 Å². The Morgan fingerprint density at radius 3 is 2.67 bits per heavy atom. The number of halogens is 1. The van der Waals surface area contributed by atoms with Gasteiger partial charge in [-0.15, -0.1) is 0 Å². The quantitative estimate of drug-likeness (QED) is 0.798. The predicted octanol–water partition coefficient (Wildman–Crippen LogP) is 3.59. The fourth-order valence-corrected chi connectivity index (χ4v) is 1.71. The largest absolute Gasteiger partial charge is 0.398 e. The summed E-state index contributed by atoms with van der Waals surface area (Å²) in [5.74, 6) is 0.382. The molecule has 0 unspecified atom stereocenters. The Hall–Kier alpha value is -1.28. The summed E-state index contributed by atoms with van der Waals surface area (Å²) in [5.41, 5.74) is 8.63. The molecule has 0 bridgehead atoms. The molecule has 0 saturated heterocycles. The summed E-state index contributed by atoms with van der Waals surface area (Å²) in [7, 11) is 0. The molecule has 0 atom stereocenters. The number of nitrogens with two attached hydrogens (primary N) is 1. The van der Waals surface area contributed by atoms with Crippen molar-refractivity contribution in [1.29, 1.82) is 0 Å². The normalized spacial score (nSPS) is 11.2. The first-order valence-corrected chi connectivity index (χ1v) is 5.31. The fraction of sp³-hybridized carbons (Fsp3) is 0.250. The molecule has 0 fully saturated rings. The van der Waals surface area contributed by atoms with E-state index in [2.05, 4.69) is 18.8 Å². The molecule has 0 aliphatic heterocycles. The second-order valence-corrected chi connectivity index (χ2v) is 4.39. The van der Waals surface area contributed by atoms with Crippen molar-refractivity contribution in [2.24, 2.45) is 0 Å². The van der Waals surface area contributed by atoms with Crippen LogP contribution in [0.2, 0.25) is 5.02 Å². The number of rotatable bonds is 1. The molecule has 0 aliphatic carbocycles. The third kappa shape index (κ3) is 1.90. The molecular formula is C12H13ClN2. The second-order valence-electron chi connectivity index (χ2n) is 3.95. The summed E-state index contributed by atoms with van der Waals surface area (Å²) in [6.07, 6.45) is 0. The molecule has 0 amide bonds. The number of hydrogen-bond acceptors (Lipinski definition) is 2. The van der Waals surface area contributed by atoms with E-state index < -0.39 is 0 Å². The van der Waals surface area contributed by atoms with Crippen molar-refractivity contribution in [3.8, 4) is 0 Å². The van der Waals surface area contributed by atoms with Gasteiger partial charge in [-0.25, -0.2) is 0 Å². The van der Waals surface area contributed by atoms with Crippen LogP contribution in [0.15, 0.2) is 24.3 Å². The van der Waals surface area contributed by atoms with E-state index in [1.54, 1.807) is 0 Å². The molecular weight excluding hydrogens is 208 g/mol. The van der Waals surface area contributed by atoms with Gasteiger partial charge in [0.1, 0.15) is 0 Å². The Labute approximate surface area is 94.1 Å². The van der Waals surface area contributed by atoms with Crippen molar-refractivity contribution in [2.75, 3.05) is 5.73 Å². The minimum absolute atomic E-state index is 0.382. The SMILES string of the molecule is CC(C)c1cc(N)c2cc(Cl)ccc2n1. The lowest BCUT2D eigenvalue weighted by Gasteiger charge is -2.08. The summed E-state index contributed by atoms with van der Waals surface area (Å²) in [6, 6.07) is 7.51. The zero-order chi connectivity index (χ0) is 11.0. The molecule has 78 valence electrons. The number of anilines is 1. The van der Waals surface area contributed by atoms with Crippen LogP contribution in [0, 0.1) is 0 Å². The molecule has 2 nitrogen and oxygen atoms in total. The van der Waals surface area contributed by atoms with Crippen LogP contribution >= 0.6 is 11.6 Å². The zero-order valence-corrected chi connectivity index (χ0v) is 9.55. The molecule has 2 N–H and O–H groups in total. The predicted molar refractivity (Wildman–Crippen MR) is 65.3 cm³/mol. The van der Waals surface area contributed by atoms with E-state index in [9.17, 15) is 0 Å². The summed E-state index contributed by atoms with van der Waals surface area (Å²) >= 11 is 5.91. The van der Waals surface area contributed by atoms with Crippen LogP contribution in [0.25, 0.3) is 10.9 Å². The highest BCUT2D eigenvalue weighted by Crippen LogP contribution is 2.26. The molecule has 2 rings (SSSR count). The molecule has 0 spiro atoms. The summed E-state index contributed by atoms with van der Waals surface area (Å²) in [4.78, 5) is 4.54. The number of fused-ring (bicyclic) bond motifs is 1. The Kier molecular flexibility index (Phi) is 2.53.